The number of sulfonamides is 1. The van der Waals surface area contributed by atoms with Gasteiger partial charge in [-0.2, -0.15) is 4.98 Å². The van der Waals surface area contributed by atoms with Crippen LogP contribution in [0.15, 0.2) is 47.4 Å². The summed E-state index contributed by atoms with van der Waals surface area (Å²) < 4.78 is 32.2. The number of furan rings is 1. The van der Waals surface area contributed by atoms with E-state index in [-0.39, 0.29) is 29.5 Å². The Balaban J connectivity index is 1.97. The van der Waals surface area contributed by atoms with E-state index in [9.17, 15) is 18.3 Å². The minimum absolute atomic E-state index is 0.0387. The molecule has 0 spiro atoms. The number of carboxylic acid groups (broad SMARTS) is 1. The number of rotatable bonds is 8. The van der Waals surface area contributed by atoms with Crippen molar-refractivity contribution in [3.8, 4) is 11.3 Å². The molecule has 1 aliphatic carbocycles. The van der Waals surface area contributed by atoms with Gasteiger partial charge in [0, 0.05) is 12.1 Å². The Hall–Kier alpha value is -3.13. The number of fused-ring (bicyclic) bond motifs is 1. The van der Waals surface area contributed by atoms with Crippen LogP contribution in [0, 0.1) is 6.92 Å². The molecule has 0 amide bonds. The highest BCUT2D eigenvalue weighted by atomic mass is 32.2. The summed E-state index contributed by atoms with van der Waals surface area (Å²) in [5.74, 6) is -0.442. The smallest absolute Gasteiger partial charge is 0.340 e. The summed E-state index contributed by atoms with van der Waals surface area (Å²) in [6.07, 6.45) is 5.07. The van der Waals surface area contributed by atoms with E-state index in [1.54, 1.807) is 24.3 Å². The first kappa shape index (κ1) is 21.1. The highest BCUT2D eigenvalue weighted by Gasteiger charge is 2.34. The van der Waals surface area contributed by atoms with E-state index < -0.39 is 16.0 Å². The van der Waals surface area contributed by atoms with E-state index in [2.05, 4.69) is 11.6 Å². The van der Waals surface area contributed by atoms with Gasteiger partial charge < -0.3 is 9.52 Å². The molecule has 162 valence electrons. The van der Waals surface area contributed by atoms with Crippen LogP contribution in [0.25, 0.3) is 22.4 Å². The van der Waals surface area contributed by atoms with Gasteiger partial charge in [0.15, 0.2) is 5.76 Å². The molecule has 1 aliphatic rings. The predicted octanol–water partition coefficient (Wildman–Crippen LogP) is 4.72. The van der Waals surface area contributed by atoms with Crippen molar-refractivity contribution < 1.29 is 22.7 Å². The van der Waals surface area contributed by atoms with Crippen LogP contribution in [-0.2, 0) is 10.0 Å². The minimum atomic E-state index is -3.60. The van der Waals surface area contributed by atoms with Crippen LogP contribution in [0.5, 0.6) is 0 Å². The van der Waals surface area contributed by atoms with Gasteiger partial charge in [0.25, 0.3) is 0 Å². The fourth-order valence-electron chi connectivity index (χ4n) is 3.68. The van der Waals surface area contributed by atoms with Crippen molar-refractivity contribution in [3.05, 3.63) is 59.7 Å². The van der Waals surface area contributed by atoms with Crippen molar-refractivity contribution in [1.29, 1.82) is 0 Å². The Morgan fingerprint density at radius 2 is 2.00 bits per heavy atom. The molecule has 0 atom stereocenters. The van der Waals surface area contributed by atoms with E-state index in [1.807, 2.05) is 19.1 Å². The molecule has 0 saturated heterocycles. The third-order valence-corrected chi connectivity index (χ3v) is 6.56. The zero-order chi connectivity index (χ0) is 22.3. The number of aromatic nitrogens is 1. The predicted molar refractivity (Wildman–Crippen MR) is 120 cm³/mol. The fraction of sp³-hybridized carbons (Fsp3) is 0.304. The van der Waals surface area contributed by atoms with Crippen LogP contribution in [-0.4, -0.2) is 37.3 Å². The number of pyridine rings is 1. The SMILES string of the molecule is C=CCCN(c1nc2oc(-c3ccc(C)cc3)c(C(=O)O)c2cc1C1CC1)S(C)(=O)=O. The molecule has 8 heteroatoms. The van der Waals surface area contributed by atoms with Crippen LogP contribution in [0.3, 0.4) is 0 Å². The second-order valence-corrected chi connectivity index (χ2v) is 9.82. The molecule has 1 aromatic carbocycles. The summed E-state index contributed by atoms with van der Waals surface area (Å²) >= 11 is 0. The number of carboxylic acids is 1. The lowest BCUT2D eigenvalue weighted by atomic mass is 10.0. The van der Waals surface area contributed by atoms with E-state index >= 15 is 0 Å². The second kappa shape index (κ2) is 7.85. The highest BCUT2D eigenvalue weighted by Crippen LogP contribution is 2.46. The molecule has 1 fully saturated rings. The lowest BCUT2D eigenvalue weighted by Gasteiger charge is -2.23. The Kier molecular flexibility index (Phi) is 5.35. The normalized spacial score (nSPS) is 14.0. The lowest BCUT2D eigenvalue weighted by Crippen LogP contribution is -2.32. The average Bonchev–Trinajstić information content (AvgIpc) is 3.47. The summed E-state index contributed by atoms with van der Waals surface area (Å²) in [4.78, 5) is 16.7. The number of nitrogens with zero attached hydrogens (tertiary/aromatic N) is 2. The molecule has 4 rings (SSSR count). The maximum Gasteiger partial charge on any atom is 0.340 e. The van der Waals surface area contributed by atoms with Gasteiger partial charge in [0.1, 0.15) is 11.4 Å². The molecular weight excluding hydrogens is 416 g/mol. The van der Waals surface area contributed by atoms with Crippen molar-refractivity contribution in [2.75, 3.05) is 17.1 Å². The third kappa shape index (κ3) is 4.07. The summed E-state index contributed by atoms with van der Waals surface area (Å²) in [5.41, 5.74) is 2.55. The van der Waals surface area contributed by atoms with Crippen molar-refractivity contribution in [2.24, 2.45) is 0 Å². The number of anilines is 1. The second-order valence-electron chi connectivity index (χ2n) is 7.92. The van der Waals surface area contributed by atoms with Crippen molar-refractivity contribution in [1.82, 2.24) is 4.98 Å². The van der Waals surface area contributed by atoms with Gasteiger partial charge in [-0.1, -0.05) is 35.9 Å². The molecule has 7 nitrogen and oxygen atoms in total. The zero-order valence-electron chi connectivity index (χ0n) is 17.5. The van der Waals surface area contributed by atoms with Crippen molar-refractivity contribution in [2.45, 2.75) is 32.1 Å². The van der Waals surface area contributed by atoms with E-state index in [4.69, 9.17) is 4.42 Å². The van der Waals surface area contributed by atoms with Gasteiger partial charge in [-0.25, -0.2) is 13.2 Å². The van der Waals surface area contributed by atoms with Crippen LogP contribution in [0.4, 0.5) is 5.82 Å². The first-order chi connectivity index (χ1) is 14.7. The fourth-order valence-corrected chi connectivity index (χ4v) is 4.58. The van der Waals surface area contributed by atoms with Crippen molar-refractivity contribution >= 4 is 32.9 Å². The van der Waals surface area contributed by atoms with Gasteiger partial charge in [-0.3, -0.25) is 4.31 Å². The molecule has 0 radical (unpaired) electrons. The highest BCUT2D eigenvalue weighted by molar-refractivity contribution is 7.92. The first-order valence-electron chi connectivity index (χ1n) is 10.1. The van der Waals surface area contributed by atoms with Gasteiger partial charge in [0.2, 0.25) is 15.7 Å². The Bertz CT molecular complexity index is 1270. The number of carbonyl (C=O) groups is 1. The van der Waals surface area contributed by atoms with Crippen LogP contribution < -0.4 is 4.31 Å². The monoisotopic (exact) mass is 440 g/mol. The molecule has 2 aromatic heterocycles. The van der Waals surface area contributed by atoms with Gasteiger partial charge >= 0.3 is 5.97 Å². The van der Waals surface area contributed by atoms with Crippen LogP contribution in [0.2, 0.25) is 0 Å². The third-order valence-electron chi connectivity index (χ3n) is 5.41. The minimum Gasteiger partial charge on any atom is -0.478 e. The number of aryl methyl sites for hydroxylation is 1. The molecule has 3 aromatic rings. The van der Waals surface area contributed by atoms with Gasteiger partial charge in [0.05, 0.1) is 11.6 Å². The van der Waals surface area contributed by atoms with E-state index in [0.29, 0.717) is 23.2 Å². The summed E-state index contributed by atoms with van der Waals surface area (Å²) in [7, 11) is -3.60. The zero-order valence-corrected chi connectivity index (χ0v) is 18.3. The van der Waals surface area contributed by atoms with E-state index in [1.165, 1.54) is 4.31 Å². The summed E-state index contributed by atoms with van der Waals surface area (Å²) in [6.45, 7) is 5.83. The average molecular weight is 441 g/mol. The molecule has 1 saturated carbocycles. The number of aromatic carboxylic acids is 1. The first-order valence-corrected chi connectivity index (χ1v) is 11.9. The molecule has 31 heavy (non-hydrogen) atoms. The maximum atomic E-state index is 12.5. The Labute approximate surface area is 181 Å². The topological polar surface area (TPSA) is 101 Å². The van der Waals surface area contributed by atoms with Crippen LogP contribution in [0.1, 0.15) is 46.7 Å². The standard InChI is InChI=1S/C23H24N2O5S/c1-4-5-12-25(31(3,28)29)21-17(15-10-11-15)13-18-19(23(26)27)20(30-22(18)24-21)16-8-6-14(2)7-9-16/h4,6-9,13,15H,1,5,10-12H2,2-3H3,(H,26,27). The number of hydrogen-bond donors (Lipinski definition) is 1. The molecule has 2 heterocycles. The van der Waals surface area contributed by atoms with E-state index in [0.717, 1.165) is 30.2 Å². The Morgan fingerprint density at radius 3 is 2.55 bits per heavy atom. The maximum absolute atomic E-state index is 12.5. The van der Waals surface area contributed by atoms with Crippen molar-refractivity contribution in [3.63, 3.8) is 0 Å². The molecular formula is C23H24N2O5S. The summed E-state index contributed by atoms with van der Waals surface area (Å²) in [6, 6.07) is 9.10. The number of hydrogen-bond acceptors (Lipinski definition) is 5. The lowest BCUT2D eigenvalue weighted by molar-refractivity contribution is 0.0699. The van der Waals surface area contributed by atoms with Gasteiger partial charge in [-0.05, 0) is 43.7 Å². The number of benzene rings is 1. The molecule has 1 N–H and O–H groups in total. The molecule has 0 bridgehead atoms. The largest absolute Gasteiger partial charge is 0.478 e. The summed E-state index contributed by atoms with van der Waals surface area (Å²) in [5, 5.41) is 10.3. The van der Waals surface area contributed by atoms with Gasteiger partial charge in [-0.15, -0.1) is 6.58 Å². The quantitative estimate of drug-likeness (QED) is 0.509. The molecule has 0 aliphatic heterocycles. The Morgan fingerprint density at radius 1 is 1.32 bits per heavy atom. The molecule has 0 unspecified atom stereocenters. The van der Waals surface area contributed by atoms with Crippen LogP contribution >= 0.6 is 0 Å².